The Morgan fingerprint density at radius 2 is 2.41 bits per heavy atom. The van der Waals surface area contributed by atoms with Gasteiger partial charge in [0.1, 0.15) is 0 Å². The van der Waals surface area contributed by atoms with Crippen LogP contribution in [0.2, 0.25) is 0 Å². The van der Waals surface area contributed by atoms with E-state index in [1.807, 2.05) is 6.92 Å². The maximum absolute atomic E-state index is 12.0. The lowest BCUT2D eigenvalue weighted by atomic mass is 9.95. The number of hydrogen-bond donors (Lipinski definition) is 2. The van der Waals surface area contributed by atoms with Gasteiger partial charge in [0.15, 0.2) is 0 Å². The number of likely N-dealkylation sites (tertiary alicyclic amines) is 1. The molecule has 0 saturated carbocycles. The minimum Gasteiger partial charge on any atom is -0.391 e. The second kappa shape index (κ2) is 5.80. The first-order valence-electron chi connectivity index (χ1n) is 6.44. The molecule has 0 spiro atoms. The van der Waals surface area contributed by atoms with E-state index in [4.69, 9.17) is 4.74 Å². The summed E-state index contributed by atoms with van der Waals surface area (Å²) in [5, 5.41) is 13.0. The quantitative estimate of drug-likeness (QED) is 0.691. The molecule has 2 N–H and O–H groups in total. The van der Waals surface area contributed by atoms with Crippen molar-refractivity contribution in [3.8, 4) is 0 Å². The Morgan fingerprint density at radius 1 is 1.59 bits per heavy atom. The Hall–Kier alpha value is -0.650. The number of ether oxygens (including phenoxy) is 1. The Bertz CT molecular complexity index is 266. The monoisotopic (exact) mass is 242 g/mol. The minimum absolute atomic E-state index is 0.124. The summed E-state index contributed by atoms with van der Waals surface area (Å²) in [4.78, 5) is 13.8. The number of rotatable bonds is 2. The van der Waals surface area contributed by atoms with Crippen LogP contribution >= 0.6 is 0 Å². The highest BCUT2D eigenvalue weighted by molar-refractivity contribution is 5.77. The van der Waals surface area contributed by atoms with E-state index in [0.29, 0.717) is 25.5 Å². The van der Waals surface area contributed by atoms with Crippen molar-refractivity contribution in [1.29, 1.82) is 0 Å². The van der Waals surface area contributed by atoms with E-state index in [2.05, 4.69) is 5.32 Å². The number of morpholine rings is 1. The van der Waals surface area contributed by atoms with Gasteiger partial charge in [-0.15, -0.1) is 0 Å². The molecule has 0 bridgehead atoms. The zero-order valence-corrected chi connectivity index (χ0v) is 10.4. The van der Waals surface area contributed by atoms with E-state index in [-0.39, 0.29) is 18.1 Å². The first kappa shape index (κ1) is 12.8. The van der Waals surface area contributed by atoms with Crippen LogP contribution in [-0.4, -0.2) is 60.9 Å². The average molecular weight is 242 g/mol. The van der Waals surface area contributed by atoms with Crippen LogP contribution < -0.4 is 5.32 Å². The molecule has 0 aliphatic carbocycles. The van der Waals surface area contributed by atoms with Crippen LogP contribution in [0.15, 0.2) is 0 Å². The highest BCUT2D eigenvalue weighted by Crippen LogP contribution is 2.18. The fourth-order valence-electron chi connectivity index (χ4n) is 2.37. The van der Waals surface area contributed by atoms with Crippen molar-refractivity contribution in [3.05, 3.63) is 0 Å². The first-order chi connectivity index (χ1) is 8.16. The van der Waals surface area contributed by atoms with Crippen molar-refractivity contribution in [2.75, 3.05) is 32.8 Å². The number of β-amino-alcohol motifs (C(OH)–C–C–N with tert-alkyl or cyclic N) is 1. The molecule has 0 aromatic rings. The number of nitrogens with one attached hydrogen (secondary N) is 1. The summed E-state index contributed by atoms with van der Waals surface area (Å²) in [6.07, 6.45) is 0.992. The molecule has 3 unspecified atom stereocenters. The predicted molar refractivity (Wildman–Crippen MR) is 63.6 cm³/mol. The second-order valence-electron chi connectivity index (χ2n) is 5.10. The highest BCUT2D eigenvalue weighted by atomic mass is 16.5. The molecule has 0 radical (unpaired) electrons. The largest absolute Gasteiger partial charge is 0.391 e. The molecule has 2 aliphatic rings. The Kier molecular flexibility index (Phi) is 4.36. The van der Waals surface area contributed by atoms with Crippen molar-refractivity contribution in [2.45, 2.75) is 31.9 Å². The zero-order valence-electron chi connectivity index (χ0n) is 10.4. The number of aliphatic hydroxyl groups is 1. The third-order valence-corrected chi connectivity index (χ3v) is 3.69. The molecule has 2 fully saturated rings. The van der Waals surface area contributed by atoms with Crippen molar-refractivity contribution in [2.24, 2.45) is 5.92 Å². The molecule has 0 aromatic heterocycles. The van der Waals surface area contributed by atoms with Crippen molar-refractivity contribution < 1.29 is 14.6 Å². The fraction of sp³-hybridized carbons (Fsp3) is 0.917. The molecule has 2 saturated heterocycles. The van der Waals surface area contributed by atoms with Crippen molar-refractivity contribution in [3.63, 3.8) is 0 Å². The number of amides is 1. The molecule has 2 rings (SSSR count). The molecule has 5 heteroatoms. The molecule has 3 atom stereocenters. The lowest BCUT2D eigenvalue weighted by Crippen LogP contribution is -2.49. The zero-order chi connectivity index (χ0) is 12.3. The SMILES string of the molecule is CC1CCN(C(=O)CC2COCCN2)CC1O. The lowest BCUT2D eigenvalue weighted by molar-refractivity contribution is -0.136. The average Bonchev–Trinajstić information content (AvgIpc) is 2.34. The number of piperidine rings is 1. The number of hydrogen-bond acceptors (Lipinski definition) is 4. The summed E-state index contributed by atoms with van der Waals surface area (Å²) in [6, 6.07) is 0.132. The van der Waals surface area contributed by atoms with Gasteiger partial charge in [-0.05, 0) is 12.3 Å². The fourth-order valence-corrected chi connectivity index (χ4v) is 2.37. The van der Waals surface area contributed by atoms with Gasteiger partial charge in [0.25, 0.3) is 0 Å². The van der Waals surface area contributed by atoms with Crippen molar-refractivity contribution in [1.82, 2.24) is 10.2 Å². The van der Waals surface area contributed by atoms with E-state index in [9.17, 15) is 9.90 Å². The molecular formula is C12H22N2O3. The third kappa shape index (κ3) is 3.40. The minimum atomic E-state index is -0.372. The summed E-state index contributed by atoms with van der Waals surface area (Å²) >= 11 is 0. The summed E-state index contributed by atoms with van der Waals surface area (Å²) in [7, 11) is 0. The van der Waals surface area contributed by atoms with Gasteiger partial charge in [-0.25, -0.2) is 0 Å². The van der Waals surface area contributed by atoms with Gasteiger partial charge in [0, 0.05) is 32.1 Å². The Morgan fingerprint density at radius 3 is 3.06 bits per heavy atom. The van der Waals surface area contributed by atoms with Gasteiger partial charge in [-0.2, -0.15) is 0 Å². The normalized spacial score (nSPS) is 34.7. The maximum atomic E-state index is 12.0. The molecule has 17 heavy (non-hydrogen) atoms. The summed E-state index contributed by atoms with van der Waals surface area (Å²) in [5.74, 6) is 0.425. The van der Waals surface area contributed by atoms with Gasteiger partial charge >= 0.3 is 0 Å². The lowest BCUT2D eigenvalue weighted by Gasteiger charge is -2.35. The van der Waals surface area contributed by atoms with E-state index in [1.165, 1.54) is 0 Å². The van der Waals surface area contributed by atoms with Crippen LogP contribution in [0.25, 0.3) is 0 Å². The maximum Gasteiger partial charge on any atom is 0.224 e. The first-order valence-corrected chi connectivity index (χ1v) is 6.44. The van der Waals surface area contributed by atoms with E-state index < -0.39 is 0 Å². The molecule has 2 heterocycles. The van der Waals surface area contributed by atoms with E-state index in [1.54, 1.807) is 4.90 Å². The van der Waals surface area contributed by atoms with Crippen LogP contribution in [0.1, 0.15) is 19.8 Å². The molecule has 0 aromatic carbocycles. The van der Waals surface area contributed by atoms with Gasteiger partial charge in [0.2, 0.25) is 5.91 Å². The number of nitrogens with zero attached hydrogens (tertiary/aromatic N) is 1. The van der Waals surface area contributed by atoms with Gasteiger partial charge in [-0.3, -0.25) is 4.79 Å². The second-order valence-corrected chi connectivity index (χ2v) is 5.10. The standard InChI is InChI=1S/C12H22N2O3/c1-9-2-4-14(7-11(9)15)12(16)6-10-8-17-5-3-13-10/h9-11,13,15H,2-8H2,1H3. The molecule has 98 valence electrons. The van der Waals surface area contributed by atoms with Crippen LogP contribution in [-0.2, 0) is 9.53 Å². The van der Waals surface area contributed by atoms with Gasteiger partial charge < -0.3 is 20.1 Å². The smallest absolute Gasteiger partial charge is 0.224 e. The topological polar surface area (TPSA) is 61.8 Å². The van der Waals surface area contributed by atoms with Gasteiger partial charge in [-0.1, -0.05) is 6.92 Å². The Labute approximate surface area is 102 Å². The summed E-state index contributed by atoms with van der Waals surface area (Å²) in [6.45, 7) is 5.43. The predicted octanol–water partition coefficient (Wildman–Crippen LogP) is -0.406. The van der Waals surface area contributed by atoms with Crippen LogP contribution in [0.5, 0.6) is 0 Å². The van der Waals surface area contributed by atoms with E-state index in [0.717, 1.165) is 26.1 Å². The van der Waals surface area contributed by atoms with Gasteiger partial charge in [0.05, 0.1) is 19.3 Å². The number of carbonyl (C=O) groups excluding carboxylic acids is 1. The summed E-state index contributed by atoms with van der Waals surface area (Å²) < 4.78 is 5.33. The number of aliphatic hydroxyl groups excluding tert-OH is 1. The molecular weight excluding hydrogens is 220 g/mol. The molecule has 1 amide bonds. The van der Waals surface area contributed by atoms with Crippen molar-refractivity contribution >= 4 is 5.91 Å². The molecule has 5 nitrogen and oxygen atoms in total. The van der Waals surface area contributed by atoms with E-state index >= 15 is 0 Å². The van der Waals surface area contributed by atoms with Crippen LogP contribution in [0, 0.1) is 5.92 Å². The number of carbonyl (C=O) groups is 1. The third-order valence-electron chi connectivity index (χ3n) is 3.69. The highest BCUT2D eigenvalue weighted by Gasteiger charge is 2.28. The van der Waals surface area contributed by atoms with Crippen LogP contribution in [0.3, 0.4) is 0 Å². The Balaban J connectivity index is 1.79. The van der Waals surface area contributed by atoms with Crippen LogP contribution in [0.4, 0.5) is 0 Å². The molecule has 2 aliphatic heterocycles. The summed E-state index contributed by atoms with van der Waals surface area (Å²) in [5.41, 5.74) is 0.